The molecule has 1 N–H and O–H groups in total. The maximum Gasteiger partial charge on any atom is 0.258 e. The lowest BCUT2D eigenvalue weighted by Crippen LogP contribution is -2.22. The van der Waals surface area contributed by atoms with Crippen LogP contribution in [-0.2, 0) is 19.6 Å². The molecule has 4 aromatic rings. The topological polar surface area (TPSA) is 69.3 Å². The Balaban J connectivity index is 0.00000218. The number of pyridine rings is 2. The Morgan fingerprint density at radius 3 is 2.90 bits per heavy atom. The number of furan rings is 1. The van der Waals surface area contributed by atoms with Crippen LogP contribution in [0.3, 0.4) is 0 Å². The molecule has 6 nitrogen and oxygen atoms in total. The van der Waals surface area contributed by atoms with Crippen LogP contribution in [0.4, 0.5) is 0 Å². The van der Waals surface area contributed by atoms with Gasteiger partial charge in [-0.3, -0.25) is 14.3 Å². The zero-order chi connectivity index (χ0) is 19.8. The highest BCUT2D eigenvalue weighted by molar-refractivity contribution is 6.30. The summed E-state index contributed by atoms with van der Waals surface area (Å²) in [4.78, 5) is 16.8. The fourth-order valence-corrected chi connectivity index (χ4v) is 3.67. The number of ether oxygens (including phenoxy) is 1. The Bertz CT molecular complexity index is 1250. The van der Waals surface area contributed by atoms with Crippen LogP contribution in [0.25, 0.3) is 16.7 Å². The molecule has 0 bridgehead atoms. The largest absolute Gasteiger partial charge is 0.487 e. The molecule has 3 aromatic heterocycles. The first kappa shape index (κ1) is 20.5. The first-order valence-electron chi connectivity index (χ1n) is 9.39. The Morgan fingerprint density at radius 1 is 1.20 bits per heavy atom. The third-order valence-corrected chi connectivity index (χ3v) is 5.26. The molecule has 0 saturated carbocycles. The molecule has 0 radical (unpaired) electrons. The molecule has 0 atom stereocenters. The number of hydrogen-bond donors (Lipinski definition) is 1. The molecule has 1 aromatic carbocycles. The van der Waals surface area contributed by atoms with Crippen molar-refractivity contribution in [2.24, 2.45) is 0 Å². The Hall–Kier alpha value is -2.80. The van der Waals surface area contributed by atoms with E-state index in [9.17, 15) is 4.79 Å². The zero-order valence-electron chi connectivity index (χ0n) is 15.9. The summed E-state index contributed by atoms with van der Waals surface area (Å²) in [6.45, 7) is 2.00. The van der Waals surface area contributed by atoms with Gasteiger partial charge in [0.2, 0.25) is 0 Å². The average molecular weight is 444 g/mol. The van der Waals surface area contributed by atoms with Gasteiger partial charge in [-0.15, -0.1) is 12.4 Å². The summed E-state index contributed by atoms with van der Waals surface area (Å²) in [6.07, 6.45) is 4.16. The van der Waals surface area contributed by atoms with Gasteiger partial charge in [0.1, 0.15) is 23.7 Å². The third kappa shape index (κ3) is 3.94. The summed E-state index contributed by atoms with van der Waals surface area (Å²) >= 11 is 5.83. The number of hydrogen-bond acceptors (Lipinski definition) is 5. The van der Waals surface area contributed by atoms with Gasteiger partial charge in [0, 0.05) is 55.0 Å². The van der Waals surface area contributed by atoms with E-state index in [-0.39, 0.29) is 24.6 Å². The van der Waals surface area contributed by atoms with Crippen LogP contribution >= 0.6 is 24.0 Å². The quantitative estimate of drug-likeness (QED) is 0.509. The maximum atomic E-state index is 12.6. The third-order valence-electron chi connectivity index (χ3n) is 5.04. The minimum absolute atomic E-state index is 0. The minimum atomic E-state index is -0.177. The molecule has 154 valence electrons. The van der Waals surface area contributed by atoms with Crippen molar-refractivity contribution in [2.75, 3.05) is 6.54 Å². The van der Waals surface area contributed by atoms with Gasteiger partial charge in [-0.1, -0.05) is 11.6 Å². The highest BCUT2D eigenvalue weighted by atomic mass is 35.5. The summed E-state index contributed by atoms with van der Waals surface area (Å²) in [5.41, 5.74) is 3.33. The second kappa shape index (κ2) is 8.52. The number of aromatic nitrogens is 2. The van der Waals surface area contributed by atoms with Gasteiger partial charge in [0.05, 0.1) is 16.4 Å². The second-order valence-corrected chi connectivity index (χ2v) is 7.37. The molecule has 5 rings (SSSR count). The molecule has 0 saturated heterocycles. The number of nitrogens with one attached hydrogen (secondary N) is 1. The van der Waals surface area contributed by atoms with Crippen molar-refractivity contribution in [3.05, 3.63) is 87.3 Å². The van der Waals surface area contributed by atoms with Gasteiger partial charge < -0.3 is 14.5 Å². The minimum Gasteiger partial charge on any atom is -0.487 e. The predicted molar refractivity (Wildman–Crippen MR) is 118 cm³/mol. The van der Waals surface area contributed by atoms with Gasteiger partial charge in [-0.2, -0.15) is 0 Å². The first-order chi connectivity index (χ1) is 14.2. The van der Waals surface area contributed by atoms with E-state index in [4.69, 9.17) is 20.8 Å². The zero-order valence-corrected chi connectivity index (χ0v) is 17.5. The Labute approximate surface area is 183 Å². The van der Waals surface area contributed by atoms with E-state index in [0.29, 0.717) is 10.8 Å². The molecule has 0 fully saturated rings. The van der Waals surface area contributed by atoms with E-state index >= 15 is 0 Å². The van der Waals surface area contributed by atoms with E-state index in [0.717, 1.165) is 47.6 Å². The van der Waals surface area contributed by atoms with E-state index in [1.807, 2.05) is 18.2 Å². The molecule has 30 heavy (non-hydrogen) atoms. The normalized spacial score (nSPS) is 13.0. The molecule has 0 unspecified atom stereocenters. The Morgan fingerprint density at radius 2 is 2.10 bits per heavy atom. The second-order valence-electron chi connectivity index (χ2n) is 6.94. The molecule has 1 aliphatic rings. The van der Waals surface area contributed by atoms with Crippen molar-refractivity contribution in [1.82, 2.24) is 14.9 Å². The molecule has 0 spiro atoms. The highest BCUT2D eigenvalue weighted by Crippen LogP contribution is 2.29. The van der Waals surface area contributed by atoms with Crippen molar-refractivity contribution in [2.45, 2.75) is 19.6 Å². The number of nitrogens with zero attached hydrogens (tertiary/aromatic N) is 2. The molecule has 4 heterocycles. The van der Waals surface area contributed by atoms with Crippen LogP contribution in [0.5, 0.6) is 5.75 Å². The molecule has 0 aliphatic carbocycles. The van der Waals surface area contributed by atoms with E-state index < -0.39 is 0 Å². The predicted octanol–water partition coefficient (Wildman–Crippen LogP) is 4.28. The van der Waals surface area contributed by atoms with Crippen LogP contribution in [0.1, 0.15) is 17.0 Å². The lowest BCUT2D eigenvalue weighted by atomic mass is 10.1. The fourth-order valence-electron chi connectivity index (χ4n) is 3.56. The number of rotatable bonds is 4. The maximum absolute atomic E-state index is 12.6. The lowest BCUT2D eigenvalue weighted by molar-refractivity contribution is 0.300. The summed E-state index contributed by atoms with van der Waals surface area (Å²) in [5.74, 6) is 1.52. The highest BCUT2D eigenvalue weighted by Gasteiger charge is 2.17. The molecule has 1 aliphatic heterocycles. The van der Waals surface area contributed by atoms with Crippen LogP contribution in [0.15, 0.2) is 64.1 Å². The molecule has 8 heteroatoms. The standard InChI is InChI=1S/C22H18ClN3O3.ClH/c23-14-1-2-15(25-11-14)13-28-17-6-8-26(22(27)10-17)16-3-4-18-19-12-24-7-5-20(19)29-21(18)9-16;/h1-4,6,8-11,24H,5,7,12-13H2;1H. The molecular weight excluding hydrogens is 425 g/mol. The summed E-state index contributed by atoms with van der Waals surface area (Å²) in [5, 5.41) is 5.04. The monoisotopic (exact) mass is 443 g/mol. The van der Waals surface area contributed by atoms with Gasteiger partial charge in [0.15, 0.2) is 0 Å². The van der Waals surface area contributed by atoms with Crippen LogP contribution in [-0.4, -0.2) is 16.1 Å². The fraction of sp³-hybridized carbons (Fsp3) is 0.182. The summed E-state index contributed by atoms with van der Waals surface area (Å²) < 4.78 is 13.3. The smallest absolute Gasteiger partial charge is 0.258 e. The van der Waals surface area contributed by atoms with E-state index in [2.05, 4.69) is 10.3 Å². The average Bonchev–Trinajstić information content (AvgIpc) is 3.11. The van der Waals surface area contributed by atoms with Crippen molar-refractivity contribution in [1.29, 1.82) is 0 Å². The van der Waals surface area contributed by atoms with Crippen LogP contribution in [0, 0.1) is 0 Å². The number of benzene rings is 1. The van der Waals surface area contributed by atoms with E-state index in [1.54, 1.807) is 35.2 Å². The van der Waals surface area contributed by atoms with Gasteiger partial charge >= 0.3 is 0 Å². The first-order valence-corrected chi connectivity index (χ1v) is 9.76. The van der Waals surface area contributed by atoms with Crippen LogP contribution < -0.4 is 15.6 Å². The van der Waals surface area contributed by atoms with Crippen molar-refractivity contribution in [3.63, 3.8) is 0 Å². The van der Waals surface area contributed by atoms with Crippen molar-refractivity contribution < 1.29 is 9.15 Å². The van der Waals surface area contributed by atoms with Crippen molar-refractivity contribution in [3.8, 4) is 11.4 Å². The molecular formula is C22H19Cl2N3O3. The SMILES string of the molecule is Cl.O=c1cc(OCc2ccc(Cl)cn2)ccn1-c1ccc2c3c(oc2c1)CCNC3. The summed E-state index contributed by atoms with van der Waals surface area (Å²) in [6, 6.07) is 12.6. The van der Waals surface area contributed by atoms with Crippen molar-refractivity contribution >= 4 is 35.0 Å². The summed E-state index contributed by atoms with van der Waals surface area (Å²) in [7, 11) is 0. The molecule has 0 amide bonds. The van der Waals surface area contributed by atoms with Gasteiger partial charge in [-0.05, 0) is 30.3 Å². The lowest BCUT2D eigenvalue weighted by Gasteiger charge is -2.10. The number of halogens is 2. The van der Waals surface area contributed by atoms with Gasteiger partial charge in [0.25, 0.3) is 5.56 Å². The van der Waals surface area contributed by atoms with E-state index in [1.165, 1.54) is 11.6 Å². The number of fused-ring (bicyclic) bond motifs is 3. The van der Waals surface area contributed by atoms with Crippen LogP contribution in [0.2, 0.25) is 5.02 Å². The Kier molecular flexibility index (Phi) is 5.81. The van der Waals surface area contributed by atoms with Gasteiger partial charge in [-0.25, -0.2) is 0 Å².